The minimum absolute atomic E-state index is 0. The number of rotatable bonds is 4. The summed E-state index contributed by atoms with van der Waals surface area (Å²) < 4.78 is 33.1. The third-order valence-electron chi connectivity index (χ3n) is 4.05. The first-order chi connectivity index (χ1) is 10.2. The van der Waals surface area contributed by atoms with Crippen LogP contribution in [0.25, 0.3) is 0 Å². The molecule has 0 spiro atoms. The van der Waals surface area contributed by atoms with Crippen LogP contribution in [0.4, 0.5) is 0 Å². The van der Waals surface area contributed by atoms with E-state index in [4.69, 9.17) is 4.74 Å². The van der Waals surface area contributed by atoms with Crippen molar-refractivity contribution in [3.63, 3.8) is 0 Å². The van der Waals surface area contributed by atoms with Gasteiger partial charge in [-0.1, -0.05) is 12.1 Å². The molecule has 5 nitrogen and oxygen atoms in total. The predicted molar refractivity (Wildman–Crippen MR) is 88.2 cm³/mol. The van der Waals surface area contributed by atoms with Crippen molar-refractivity contribution in [2.24, 2.45) is 10.3 Å². The van der Waals surface area contributed by atoms with Gasteiger partial charge in [-0.3, -0.25) is 0 Å². The molecule has 1 fully saturated rings. The van der Waals surface area contributed by atoms with E-state index in [0.717, 1.165) is 31.8 Å². The van der Waals surface area contributed by atoms with E-state index in [9.17, 15) is 8.42 Å². The first-order valence-electron chi connectivity index (χ1n) is 7.45. The van der Waals surface area contributed by atoms with Gasteiger partial charge in [0.15, 0.2) is 0 Å². The average Bonchev–Trinajstić information content (AvgIpc) is 2.77. The van der Waals surface area contributed by atoms with Crippen molar-refractivity contribution in [2.45, 2.75) is 30.6 Å². The van der Waals surface area contributed by atoms with Crippen molar-refractivity contribution in [1.82, 2.24) is 5.32 Å². The van der Waals surface area contributed by atoms with Crippen LogP contribution < -0.4 is 5.32 Å². The second kappa shape index (κ2) is 7.44. The molecule has 122 valence electrons. The highest BCUT2D eigenvalue weighted by Gasteiger charge is 2.29. The summed E-state index contributed by atoms with van der Waals surface area (Å²) in [4.78, 5) is 0.248. The molecule has 1 aromatic rings. The molecule has 2 aliphatic rings. The highest BCUT2D eigenvalue weighted by molar-refractivity contribution is 7.90. The standard InChI is InChI=1S/C15H20N2O3S.ClH/c18-21(19)14-6-2-1-5-13(14)15(17-21)20-11-3-4-12-7-9-16-10-8-12;/h1-2,5-6,12,16H,3-4,7-11H2;1H. The topological polar surface area (TPSA) is 67.8 Å². The molecule has 0 amide bonds. The first-order valence-corrected chi connectivity index (χ1v) is 8.89. The molecule has 0 aliphatic carbocycles. The van der Waals surface area contributed by atoms with Crippen LogP contribution in [0, 0.1) is 5.92 Å². The lowest BCUT2D eigenvalue weighted by Crippen LogP contribution is -2.27. The molecule has 2 heterocycles. The molecule has 1 saturated heterocycles. The summed E-state index contributed by atoms with van der Waals surface area (Å²) in [6.07, 6.45) is 4.51. The predicted octanol–water partition coefficient (Wildman–Crippen LogP) is 2.35. The van der Waals surface area contributed by atoms with Crippen LogP contribution in [-0.4, -0.2) is 34.0 Å². The van der Waals surface area contributed by atoms with Gasteiger partial charge in [0.05, 0.1) is 12.2 Å². The van der Waals surface area contributed by atoms with Gasteiger partial charge in [-0.25, -0.2) is 0 Å². The lowest BCUT2D eigenvalue weighted by molar-refractivity contribution is 0.266. The number of hydrogen-bond donors (Lipinski definition) is 1. The van der Waals surface area contributed by atoms with Crippen LogP contribution in [0.15, 0.2) is 33.6 Å². The van der Waals surface area contributed by atoms with E-state index in [1.807, 2.05) is 0 Å². The summed E-state index contributed by atoms with van der Waals surface area (Å²) in [6.45, 7) is 2.72. The highest BCUT2D eigenvalue weighted by atomic mass is 35.5. The van der Waals surface area contributed by atoms with Crippen LogP contribution in [0.2, 0.25) is 0 Å². The summed E-state index contributed by atoms with van der Waals surface area (Å²) >= 11 is 0. The number of benzene rings is 1. The summed E-state index contributed by atoms with van der Waals surface area (Å²) in [5.41, 5.74) is 0.583. The molecule has 0 unspecified atom stereocenters. The lowest BCUT2D eigenvalue weighted by Gasteiger charge is -2.22. The number of halogens is 1. The fourth-order valence-corrected chi connectivity index (χ4v) is 4.04. The van der Waals surface area contributed by atoms with Gasteiger partial charge in [0.2, 0.25) is 5.90 Å². The molecule has 7 heteroatoms. The molecule has 0 bridgehead atoms. The fourth-order valence-electron chi connectivity index (χ4n) is 2.89. The van der Waals surface area contributed by atoms with E-state index in [1.165, 1.54) is 12.8 Å². The Morgan fingerprint density at radius 1 is 1.23 bits per heavy atom. The van der Waals surface area contributed by atoms with E-state index in [1.54, 1.807) is 24.3 Å². The van der Waals surface area contributed by atoms with Crippen LogP contribution >= 0.6 is 12.4 Å². The number of nitrogens with zero attached hydrogens (tertiary/aromatic N) is 1. The number of nitrogens with one attached hydrogen (secondary N) is 1. The number of sulfonamides is 1. The van der Waals surface area contributed by atoms with Crippen molar-refractivity contribution in [1.29, 1.82) is 0 Å². The Hall–Kier alpha value is -1.11. The summed E-state index contributed by atoms with van der Waals surface area (Å²) in [7, 11) is -3.56. The van der Waals surface area contributed by atoms with Gasteiger partial charge in [-0.05, 0) is 56.8 Å². The Labute approximate surface area is 137 Å². The smallest absolute Gasteiger partial charge is 0.286 e. The summed E-state index contributed by atoms with van der Waals surface area (Å²) in [5, 5.41) is 3.35. The van der Waals surface area contributed by atoms with Crippen molar-refractivity contribution >= 4 is 28.3 Å². The van der Waals surface area contributed by atoms with E-state index in [-0.39, 0.29) is 23.2 Å². The third-order valence-corrected chi connectivity index (χ3v) is 5.37. The van der Waals surface area contributed by atoms with Crippen LogP contribution in [0.3, 0.4) is 0 Å². The summed E-state index contributed by atoms with van der Waals surface area (Å²) in [5.74, 6) is 1.01. The van der Waals surface area contributed by atoms with Gasteiger partial charge in [0.1, 0.15) is 4.90 Å². The maximum atomic E-state index is 11.9. The van der Waals surface area contributed by atoms with E-state index < -0.39 is 10.0 Å². The van der Waals surface area contributed by atoms with Gasteiger partial charge < -0.3 is 10.1 Å². The Bertz CT molecular complexity index is 640. The second-order valence-electron chi connectivity index (χ2n) is 5.55. The van der Waals surface area contributed by atoms with Gasteiger partial charge in [-0.2, -0.15) is 8.42 Å². The fraction of sp³-hybridized carbons (Fsp3) is 0.533. The molecular weight excluding hydrogens is 324 g/mol. The molecule has 0 saturated carbocycles. The molecule has 2 aliphatic heterocycles. The SMILES string of the molecule is Cl.O=S1(=O)N=C(OCCCC2CCNCC2)c2ccccc21. The average molecular weight is 345 g/mol. The quantitative estimate of drug-likeness (QED) is 0.851. The Kier molecular flexibility index (Phi) is 5.83. The normalized spacial score (nSPS) is 19.9. The maximum Gasteiger partial charge on any atom is 0.286 e. The Morgan fingerprint density at radius 2 is 1.95 bits per heavy atom. The van der Waals surface area contributed by atoms with Crippen molar-refractivity contribution < 1.29 is 13.2 Å². The highest BCUT2D eigenvalue weighted by Crippen LogP contribution is 2.26. The van der Waals surface area contributed by atoms with Crippen molar-refractivity contribution in [3.8, 4) is 0 Å². The largest absolute Gasteiger partial charge is 0.477 e. The molecule has 0 aromatic heterocycles. The third kappa shape index (κ3) is 3.80. The molecule has 22 heavy (non-hydrogen) atoms. The zero-order valence-electron chi connectivity index (χ0n) is 12.3. The minimum atomic E-state index is -3.56. The van der Waals surface area contributed by atoms with Gasteiger partial charge in [0, 0.05) is 0 Å². The Balaban J connectivity index is 0.00000176. The van der Waals surface area contributed by atoms with Crippen LogP contribution in [0.1, 0.15) is 31.2 Å². The molecule has 3 rings (SSSR count). The minimum Gasteiger partial charge on any atom is -0.477 e. The second-order valence-corrected chi connectivity index (χ2v) is 7.12. The first kappa shape index (κ1) is 17.2. The van der Waals surface area contributed by atoms with Gasteiger partial charge in [-0.15, -0.1) is 16.8 Å². The van der Waals surface area contributed by atoms with E-state index in [0.29, 0.717) is 12.2 Å². The summed E-state index contributed by atoms with van der Waals surface area (Å²) in [6, 6.07) is 6.81. The number of hydrogen-bond acceptors (Lipinski definition) is 4. The monoisotopic (exact) mass is 344 g/mol. The molecule has 1 aromatic carbocycles. The number of fused-ring (bicyclic) bond motifs is 1. The van der Waals surface area contributed by atoms with Gasteiger partial charge >= 0.3 is 0 Å². The lowest BCUT2D eigenvalue weighted by atomic mass is 9.93. The van der Waals surface area contributed by atoms with E-state index >= 15 is 0 Å². The molecular formula is C15H21ClN2O3S. The molecule has 1 N–H and O–H groups in total. The van der Waals surface area contributed by atoms with Crippen molar-refractivity contribution in [3.05, 3.63) is 29.8 Å². The maximum absolute atomic E-state index is 11.9. The zero-order chi connectivity index (χ0) is 14.7. The van der Waals surface area contributed by atoms with Crippen LogP contribution in [0.5, 0.6) is 0 Å². The zero-order valence-corrected chi connectivity index (χ0v) is 14.0. The van der Waals surface area contributed by atoms with E-state index in [2.05, 4.69) is 9.71 Å². The number of ether oxygens (including phenoxy) is 1. The van der Waals surface area contributed by atoms with Crippen molar-refractivity contribution in [2.75, 3.05) is 19.7 Å². The molecule has 0 atom stereocenters. The Morgan fingerprint density at radius 3 is 2.73 bits per heavy atom. The van der Waals surface area contributed by atoms with Gasteiger partial charge in [0.25, 0.3) is 10.0 Å². The molecule has 0 radical (unpaired) electrons. The number of piperidine rings is 1. The van der Waals surface area contributed by atoms with Crippen LogP contribution in [-0.2, 0) is 14.8 Å².